The van der Waals surface area contributed by atoms with Gasteiger partial charge >= 0.3 is 0 Å². The van der Waals surface area contributed by atoms with Crippen LogP contribution in [0.4, 0.5) is 5.69 Å². The lowest BCUT2D eigenvalue weighted by atomic mass is 10.0. The Labute approximate surface area is 191 Å². The lowest BCUT2D eigenvalue weighted by Gasteiger charge is -2.08. The van der Waals surface area contributed by atoms with Gasteiger partial charge in [0.2, 0.25) is 0 Å². The fourth-order valence-electron chi connectivity index (χ4n) is 3.62. The zero-order valence-corrected chi connectivity index (χ0v) is 19.0. The number of nitrogens with one attached hydrogen (secondary N) is 1. The van der Waals surface area contributed by atoms with E-state index in [1.165, 1.54) is 4.68 Å². The molecule has 0 saturated carbocycles. The molecule has 0 aliphatic carbocycles. The zero-order chi connectivity index (χ0) is 23.4. The summed E-state index contributed by atoms with van der Waals surface area (Å²) in [5.41, 5.74) is 3.61. The van der Waals surface area contributed by atoms with E-state index in [1.807, 2.05) is 61.5 Å². The molecule has 0 aliphatic rings. The van der Waals surface area contributed by atoms with Crippen LogP contribution in [0.3, 0.4) is 0 Å². The third kappa shape index (κ3) is 4.39. The molecule has 0 radical (unpaired) electrons. The summed E-state index contributed by atoms with van der Waals surface area (Å²) in [6.07, 6.45) is 0. The van der Waals surface area contributed by atoms with E-state index in [0.29, 0.717) is 34.2 Å². The molecule has 168 valence electrons. The van der Waals surface area contributed by atoms with Crippen molar-refractivity contribution in [2.75, 3.05) is 21.3 Å². The predicted molar refractivity (Wildman–Crippen MR) is 130 cm³/mol. The molecule has 0 bridgehead atoms. The van der Waals surface area contributed by atoms with Gasteiger partial charge in [0.1, 0.15) is 22.9 Å². The number of aliphatic imine (C=N–C) groups is 1. The molecule has 0 amide bonds. The molecule has 7 nitrogen and oxygen atoms in total. The first-order chi connectivity index (χ1) is 16.0. The number of para-hydroxylation sites is 1. The average Bonchev–Trinajstić information content (AvgIpc) is 3.21. The maximum Gasteiger partial charge on any atom is 0.280 e. The minimum Gasteiger partial charge on any atom is -0.497 e. The Morgan fingerprint density at radius 3 is 2.15 bits per heavy atom. The van der Waals surface area contributed by atoms with Crippen LogP contribution >= 0.6 is 0 Å². The van der Waals surface area contributed by atoms with Gasteiger partial charge in [0.05, 0.1) is 44.0 Å². The van der Waals surface area contributed by atoms with Crippen LogP contribution in [0.15, 0.2) is 82.6 Å². The Balaban J connectivity index is 1.92. The van der Waals surface area contributed by atoms with Crippen LogP contribution in [0, 0.1) is 0 Å². The SMILES string of the molecule is COc1ccc(-c2[nH]n(-c3ccccc3)c(=O)c2C(C)=Nc2cc(OC)ccc2OC)cc1. The third-order valence-electron chi connectivity index (χ3n) is 5.32. The Bertz CT molecular complexity index is 1340. The van der Waals surface area contributed by atoms with Crippen molar-refractivity contribution in [3.05, 3.63) is 88.7 Å². The van der Waals surface area contributed by atoms with Gasteiger partial charge in [-0.1, -0.05) is 18.2 Å². The second-order valence-corrected chi connectivity index (χ2v) is 7.30. The van der Waals surface area contributed by atoms with Crippen LogP contribution < -0.4 is 19.8 Å². The lowest BCUT2D eigenvalue weighted by Crippen LogP contribution is -2.19. The highest BCUT2D eigenvalue weighted by Crippen LogP contribution is 2.33. The summed E-state index contributed by atoms with van der Waals surface area (Å²) >= 11 is 0. The van der Waals surface area contributed by atoms with E-state index in [-0.39, 0.29) is 5.56 Å². The van der Waals surface area contributed by atoms with Crippen molar-refractivity contribution < 1.29 is 14.2 Å². The number of hydrogen-bond acceptors (Lipinski definition) is 5. The normalized spacial score (nSPS) is 11.3. The molecule has 0 saturated heterocycles. The molecule has 0 aliphatic heterocycles. The fourth-order valence-corrected chi connectivity index (χ4v) is 3.62. The van der Waals surface area contributed by atoms with Gasteiger partial charge in [-0.05, 0) is 55.5 Å². The number of nitrogens with zero attached hydrogens (tertiary/aromatic N) is 2. The summed E-state index contributed by atoms with van der Waals surface area (Å²) in [7, 11) is 4.79. The molecule has 3 aromatic carbocycles. The van der Waals surface area contributed by atoms with Gasteiger partial charge in [0, 0.05) is 11.6 Å². The number of H-pyrrole nitrogens is 1. The minimum absolute atomic E-state index is 0.199. The van der Waals surface area contributed by atoms with E-state index >= 15 is 0 Å². The maximum atomic E-state index is 13.6. The van der Waals surface area contributed by atoms with Crippen molar-refractivity contribution in [3.8, 4) is 34.2 Å². The highest BCUT2D eigenvalue weighted by Gasteiger charge is 2.20. The van der Waals surface area contributed by atoms with Crippen molar-refractivity contribution in [1.29, 1.82) is 0 Å². The first kappa shape index (κ1) is 22.0. The van der Waals surface area contributed by atoms with Gasteiger partial charge in [-0.25, -0.2) is 9.67 Å². The molecule has 0 atom stereocenters. The van der Waals surface area contributed by atoms with Crippen LogP contribution in [-0.4, -0.2) is 36.8 Å². The quantitative estimate of drug-likeness (QED) is 0.408. The van der Waals surface area contributed by atoms with Gasteiger partial charge in [-0.15, -0.1) is 0 Å². The Hall–Kier alpha value is -4.26. The number of benzene rings is 3. The van der Waals surface area contributed by atoms with Crippen molar-refractivity contribution in [3.63, 3.8) is 0 Å². The molecule has 0 unspecified atom stereocenters. The van der Waals surface area contributed by atoms with Crippen molar-refractivity contribution in [2.45, 2.75) is 6.92 Å². The highest BCUT2D eigenvalue weighted by atomic mass is 16.5. The fraction of sp³-hybridized carbons (Fsp3) is 0.154. The van der Waals surface area contributed by atoms with Gasteiger partial charge in [-0.3, -0.25) is 9.89 Å². The molecule has 33 heavy (non-hydrogen) atoms. The second-order valence-electron chi connectivity index (χ2n) is 7.30. The molecular weight excluding hydrogens is 418 g/mol. The van der Waals surface area contributed by atoms with Gasteiger partial charge in [0.15, 0.2) is 0 Å². The lowest BCUT2D eigenvalue weighted by molar-refractivity contribution is 0.404. The van der Waals surface area contributed by atoms with Gasteiger partial charge in [0.25, 0.3) is 5.56 Å². The summed E-state index contributed by atoms with van der Waals surface area (Å²) in [5.74, 6) is 1.96. The molecule has 1 heterocycles. The van der Waals surface area contributed by atoms with E-state index in [1.54, 1.807) is 39.5 Å². The van der Waals surface area contributed by atoms with E-state index in [4.69, 9.17) is 19.2 Å². The molecule has 4 aromatic rings. The predicted octanol–water partition coefficient (Wildman–Crippen LogP) is 5.00. The van der Waals surface area contributed by atoms with E-state index in [9.17, 15) is 4.79 Å². The summed E-state index contributed by atoms with van der Waals surface area (Å²) in [5, 5.41) is 3.26. The molecule has 1 aromatic heterocycles. The summed E-state index contributed by atoms with van der Waals surface area (Å²) in [6, 6.07) is 22.3. The van der Waals surface area contributed by atoms with Crippen LogP contribution in [0.5, 0.6) is 17.2 Å². The topological polar surface area (TPSA) is 77.8 Å². The Morgan fingerprint density at radius 2 is 1.52 bits per heavy atom. The van der Waals surface area contributed by atoms with Crippen LogP contribution in [-0.2, 0) is 0 Å². The molecule has 4 rings (SSSR count). The number of aromatic amines is 1. The largest absolute Gasteiger partial charge is 0.497 e. The Morgan fingerprint density at radius 1 is 0.848 bits per heavy atom. The first-order valence-electron chi connectivity index (χ1n) is 10.4. The smallest absolute Gasteiger partial charge is 0.280 e. The van der Waals surface area contributed by atoms with Gasteiger partial charge < -0.3 is 14.2 Å². The molecule has 0 fully saturated rings. The summed E-state index contributed by atoms with van der Waals surface area (Å²) in [6.45, 7) is 1.81. The molecule has 7 heteroatoms. The molecular formula is C26H25N3O4. The number of rotatable bonds is 7. The van der Waals surface area contributed by atoms with Crippen LogP contribution in [0.1, 0.15) is 12.5 Å². The standard InChI is InChI=1S/C26H25N3O4/c1-17(27-22-16-21(32-3)14-15-23(22)33-4)24-25(18-10-12-20(31-2)13-11-18)28-29(26(24)30)19-8-6-5-7-9-19/h5-16,28H,1-4H3. The number of ether oxygens (including phenoxy) is 3. The molecule has 0 spiro atoms. The highest BCUT2D eigenvalue weighted by molar-refractivity contribution is 6.05. The van der Waals surface area contributed by atoms with Crippen molar-refractivity contribution in [2.24, 2.45) is 4.99 Å². The van der Waals surface area contributed by atoms with Crippen molar-refractivity contribution in [1.82, 2.24) is 9.78 Å². The average molecular weight is 444 g/mol. The van der Waals surface area contributed by atoms with Crippen molar-refractivity contribution >= 4 is 11.4 Å². The number of hydrogen-bond donors (Lipinski definition) is 1. The minimum atomic E-state index is -0.199. The van der Waals surface area contributed by atoms with Gasteiger partial charge in [-0.2, -0.15) is 0 Å². The van der Waals surface area contributed by atoms with Crippen LogP contribution in [0.25, 0.3) is 16.9 Å². The number of aromatic nitrogens is 2. The monoisotopic (exact) mass is 443 g/mol. The zero-order valence-electron chi connectivity index (χ0n) is 19.0. The Kier molecular flexibility index (Phi) is 6.31. The third-order valence-corrected chi connectivity index (χ3v) is 5.32. The molecule has 1 N–H and O–H groups in total. The summed E-state index contributed by atoms with van der Waals surface area (Å²) in [4.78, 5) is 18.3. The van der Waals surface area contributed by atoms with E-state index in [0.717, 1.165) is 17.0 Å². The second kappa shape index (κ2) is 9.48. The van der Waals surface area contributed by atoms with E-state index in [2.05, 4.69) is 5.10 Å². The summed E-state index contributed by atoms with van der Waals surface area (Å²) < 4.78 is 17.6. The number of methoxy groups -OCH3 is 3. The first-order valence-corrected chi connectivity index (χ1v) is 10.4. The van der Waals surface area contributed by atoms with Crippen LogP contribution in [0.2, 0.25) is 0 Å². The maximum absolute atomic E-state index is 13.6. The van der Waals surface area contributed by atoms with E-state index < -0.39 is 0 Å².